The van der Waals surface area contributed by atoms with E-state index in [0.717, 1.165) is 94.8 Å². The van der Waals surface area contributed by atoms with Crippen LogP contribution in [0.15, 0.2) is 212 Å². The molecule has 0 N–H and O–H groups in total. The van der Waals surface area contributed by atoms with Crippen LogP contribution in [0.4, 0.5) is 0 Å². The van der Waals surface area contributed by atoms with Gasteiger partial charge in [0.2, 0.25) is 0 Å². The second kappa shape index (κ2) is 16.5. The maximum Gasteiger partial charge on any atom is 0.160 e. The zero-order valence-corrected chi connectivity index (χ0v) is 34.8. The first kappa shape index (κ1) is 38.6. The average Bonchev–Trinajstić information content (AvgIpc) is 3.72. The Kier molecular flexibility index (Phi) is 9.82. The highest BCUT2D eigenvalue weighted by Gasteiger charge is 2.21. The quantitative estimate of drug-likeness (QED) is 0.151. The van der Waals surface area contributed by atoms with Crippen LogP contribution in [0.25, 0.3) is 106 Å². The van der Waals surface area contributed by atoms with Crippen molar-refractivity contribution in [1.82, 2.24) is 24.5 Å². The average molecular weight is 830 g/mol. The Morgan fingerprint density at radius 1 is 0.323 bits per heavy atom. The zero-order valence-electron chi connectivity index (χ0n) is 34.8. The van der Waals surface area contributed by atoms with Crippen molar-refractivity contribution >= 4 is 21.8 Å². The third kappa shape index (κ3) is 7.36. The maximum atomic E-state index is 9.88. The molecule has 7 heteroatoms. The van der Waals surface area contributed by atoms with Crippen molar-refractivity contribution in [2.24, 2.45) is 0 Å². The number of rotatable bonds is 8. The first-order valence-corrected chi connectivity index (χ1v) is 21.2. The Labute approximate surface area is 375 Å². The summed E-state index contributed by atoms with van der Waals surface area (Å²) in [6.45, 7) is 0. The van der Waals surface area contributed by atoms with E-state index >= 15 is 0 Å². The van der Waals surface area contributed by atoms with Crippen molar-refractivity contribution in [2.75, 3.05) is 0 Å². The van der Waals surface area contributed by atoms with Gasteiger partial charge in [-0.3, -0.25) is 0 Å². The summed E-state index contributed by atoms with van der Waals surface area (Å²) in [6, 6.07) is 75.7. The molecule has 0 unspecified atom stereocenters. The van der Waals surface area contributed by atoms with Crippen LogP contribution in [0, 0.1) is 22.7 Å². The Hall–Kier alpha value is -9.30. The van der Waals surface area contributed by atoms with Crippen molar-refractivity contribution in [3.05, 3.63) is 223 Å². The molecule has 3 aromatic heterocycles. The smallest absolute Gasteiger partial charge is 0.160 e. The van der Waals surface area contributed by atoms with Gasteiger partial charge >= 0.3 is 0 Å². The molecule has 0 amide bonds. The van der Waals surface area contributed by atoms with Gasteiger partial charge in [-0.2, -0.15) is 10.5 Å². The fourth-order valence-electron chi connectivity index (χ4n) is 8.56. The summed E-state index contributed by atoms with van der Waals surface area (Å²) >= 11 is 0. The van der Waals surface area contributed by atoms with Crippen molar-refractivity contribution in [2.45, 2.75) is 0 Å². The molecular formula is C58H35N7. The first-order chi connectivity index (χ1) is 32.1. The normalized spacial score (nSPS) is 11.0. The van der Waals surface area contributed by atoms with E-state index in [4.69, 9.17) is 19.9 Å². The lowest BCUT2D eigenvalue weighted by Gasteiger charge is -2.17. The molecule has 8 aromatic carbocycles. The molecule has 0 fully saturated rings. The molecule has 0 bridgehead atoms. The number of hydrogen-bond acceptors (Lipinski definition) is 6. The number of para-hydroxylation sites is 1. The highest BCUT2D eigenvalue weighted by atomic mass is 15.0. The van der Waals surface area contributed by atoms with Crippen LogP contribution in [0.2, 0.25) is 0 Å². The van der Waals surface area contributed by atoms with Gasteiger partial charge in [0.15, 0.2) is 11.6 Å². The molecule has 0 aliphatic carbocycles. The number of nitrogens with zero attached hydrogens (tertiary/aromatic N) is 7. The Morgan fingerprint density at radius 3 is 1.35 bits per heavy atom. The largest absolute Gasteiger partial charge is 0.309 e. The topological polar surface area (TPSA) is 104 Å². The molecule has 0 aliphatic heterocycles. The summed E-state index contributed by atoms with van der Waals surface area (Å²) < 4.78 is 2.30. The second-order valence-electron chi connectivity index (χ2n) is 15.7. The van der Waals surface area contributed by atoms with Crippen molar-refractivity contribution < 1.29 is 0 Å². The van der Waals surface area contributed by atoms with E-state index in [9.17, 15) is 10.5 Å². The third-order valence-electron chi connectivity index (χ3n) is 11.7. The van der Waals surface area contributed by atoms with Gasteiger partial charge in [0.25, 0.3) is 0 Å². The minimum absolute atomic E-state index is 0.431. The Balaban J connectivity index is 1.21. The minimum Gasteiger partial charge on any atom is -0.309 e. The summed E-state index contributed by atoms with van der Waals surface area (Å²) in [5.74, 6) is 1.23. The highest BCUT2D eigenvalue weighted by Crippen LogP contribution is 2.41. The molecule has 3 heterocycles. The van der Waals surface area contributed by atoms with Crippen LogP contribution in [-0.2, 0) is 0 Å². The van der Waals surface area contributed by atoms with Crippen LogP contribution in [0.1, 0.15) is 11.1 Å². The summed E-state index contributed by atoms with van der Waals surface area (Å²) in [5.41, 5.74) is 14.1. The molecule has 0 atom stereocenters. The fourth-order valence-corrected chi connectivity index (χ4v) is 8.56. The van der Waals surface area contributed by atoms with Gasteiger partial charge in [0.1, 0.15) is 0 Å². The molecule has 65 heavy (non-hydrogen) atoms. The Bertz CT molecular complexity index is 3520. The minimum atomic E-state index is 0.431. The molecule has 302 valence electrons. The van der Waals surface area contributed by atoms with E-state index in [2.05, 4.69) is 114 Å². The number of nitriles is 2. The fraction of sp³-hybridized carbons (Fsp3) is 0. The van der Waals surface area contributed by atoms with E-state index in [-0.39, 0.29) is 0 Å². The molecule has 0 saturated carbocycles. The number of fused-ring (bicyclic) bond motifs is 3. The molecule has 0 radical (unpaired) electrons. The first-order valence-electron chi connectivity index (χ1n) is 21.2. The van der Waals surface area contributed by atoms with Crippen molar-refractivity contribution in [3.8, 4) is 96.8 Å². The molecule has 11 rings (SSSR count). The maximum absolute atomic E-state index is 9.88. The van der Waals surface area contributed by atoms with E-state index in [1.807, 2.05) is 109 Å². The van der Waals surface area contributed by atoms with Gasteiger partial charge in [-0.05, 0) is 65.7 Å². The second-order valence-corrected chi connectivity index (χ2v) is 15.7. The molecule has 0 aliphatic rings. The Morgan fingerprint density at radius 2 is 0.785 bits per heavy atom. The predicted molar refractivity (Wildman–Crippen MR) is 259 cm³/mol. The van der Waals surface area contributed by atoms with E-state index < -0.39 is 0 Å². The summed E-state index contributed by atoms with van der Waals surface area (Å²) in [7, 11) is 0. The molecule has 11 aromatic rings. The SMILES string of the molecule is N#Cc1cc(C#N)cc(-c2ccc3c4ccccc4n(-c4ccc(-c5cc(-c6ccccc6)nc(-c6ccccc6)n5)cc4-c4cc(-c5ccccc5)nc(-c5ccccc5)n4)c3c2)c1. The monoisotopic (exact) mass is 829 g/mol. The lowest BCUT2D eigenvalue weighted by molar-refractivity contribution is 1.15. The van der Waals surface area contributed by atoms with Gasteiger partial charge in [0, 0.05) is 44.2 Å². The molecule has 0 saturated heterocycles. The predicted octanol–water partition coefficient (Wildman–Crippen LogP) is 13.8. The number of hydrogen-bond donors (Lipinski definition) is 0. The molecular weight excluding hydrogens is 795 g/mol. The number of aromatic nitrogens is 5. The van der Waals surface area contributed by atoms with Gasteiger partial charge in [-0.15, -0.1) is 0 Å². The number of benzene rings is 8. The van der Waals surface area contributed by atoms with Crippen LogP contribution in [-0.4, -0.2) is 24.5 Å². The van der Waals surface area contributed by atoms with Gasteiger partial charge in [-0.25, -0.2) is 19.9 Å². The molecule has 0 spiro atoms. The van der Waals surface area contributed by atoms with Crippen molar-refractivity contribution in [1.29, 1.82) is 10.5 Å². The van der Waals surface area contributed by atoms with Crippen LogP contribution >= 0.6 is 0 Å². The van der Waals surface area contributed by atoms with E-state index in [1.165, 1.54) is 0 Å². The standard InChI is InChI=1S/C58H35N7/c59-36-38-29-39(37-60)31-46(30-38)44-25-27-48-47-23-13-14-24-54(47)65(56(48)33-44)55-28-26-45(52-34-50(40-15-5-1-6-16-40)61-57(63-52)42-19-9-3-10-20-42)32-49(55)53-35-51(41-17-7-2-8-18-41)62-58(64-53)43-21-11-4-12-22-43/h1-35H. The van der Waals surface area contributed by atoms with Crippen molar-refractivity contribution in [3.63, 3.8) is 0 Å². The third-order valence-corrected chi connectivity index (χ3v) is 11.7. The van der Waals surface area contributed by atoms with Gasteiger partial charge < -0.3 is 4.57 Å². The van der Waals surface area contributed by atoms with Gasteiger partial charge in [0.05, 0.1) is 62.8 Å². The summed E-state index contributed by atoms with van der Waals surface area (Å²) in [6.07, 6.45) is 0. The van der Waals surface area contributed by atoms with Crippen LogP contribution in [0.3, 0.4) is 0 Å². The van der Waals surface area contributed by atoms with Crippen LogP contribution < -0.4 is 0 Å². The van der Waals surface area contributed by atoms with Gasteiger partial charge in [-0.1, -0.05) is 158 Å². The molecule has 7 nitrogen and oxygen atoms in total. The van der Waals surface area contributed by atoms with Crippen LogP contribution in [0.5, 0.6) is 0 Å². The summed E-state index contributed by atoms with van der Waals surface area (Å²) in [4.78, 5) is 20.8. The highest BCUT2D eigenvalue weighted by molar-refractivity contribution is 6.11. The van der Waals surface area contributed by atoms with E-state index in [1.54, 1.807) is 6.07 Å². The lowest BCUT2D eigenvalue weighted by Crippen LogP contribution is -2.02. The van der Waals surface area contributed by atoms with E-state index in [0.29, 0.717) is 22.8 Å². The zero-order chi connectivity index (χ0) is 43.7. The lowest BCUT2D eigenvalue weighted by atomic mass is 9.98. The summed E-state index contributed by atoms with van der Waals surface area (Å²) in [5, 5.41) is 21.9.